The first-order valence-corrected chi connectivity index (χ1v) is 5.89. The molecule has 3 rings (SSSR count). The molecule has 0 unspecified atom stereocenters. The number of hydrogen-bond donors (Lipinski definition) is 2. The van der Waals surface area contributed by atoms with Crippen LogP contribution < -0.4 is 5.73 Å². The monoisotopic (exact) mass is 288 g/mol. The number of hydrogen-bond acceptors (Lipinski definition) is 3. The lowest BCUT2D eigenvalue weighted by Crippen LogP contribution is -1.88. The maximum absolute atomic E-state index is 5.78. The van der Waals surface area contributed by atoms with Gasteiger partial charge in [0.05, 0.1) is 5.52 Å². The third-order valence-corrected chi connectivity index (χ3v) is 3.19. The van der Waals surface area contributed by atoms with E-state index in [1.54, 1.807) is 6.20 Å². The Bertz CT molecular complexity index is 657. The Morgan fingerprint density at radius 1 is 1.24 bits per heavy atom. The molecule has 2 heterocycles. The van der Waals surface area contributed by atoms with Gasteiger partial charge in [0.1, 0.15) is 5.82 Å². The summed E-state index contributed by atoms with van der Waals surface area (Å²) in [6, 6.07) is 9.44. The minimum absolute atomic E-state index is 0.705. The number of nitrogens with two attached hydrogens (primary N) is 1. The number of nitrogens with zero attached hydrogens (tertiary/aromatic N) is 2. The van der Waals surface area contributed by atoms with E-state index in [1.165, 1.54) is 0 Å². The number of halogens is 1. The van der Waals surface area contributed by atoms with Crippen LogP contribution in [0.15, 0.2) is 41.0 Å². The highest BCUT2D eigenvalue weighted by Crippen LogP contribution is 2.29. The molecule has 0 aliphatic heterocycles. The summed E-state index contributed by atoms with van der Waals surface area (Å²) in [6.07, 6.45) is 1.72. The van der Waals surface area contributed by atoms with Gasteiger partial charge in [0.15, 0.2) is 5.65 Å². The number of aromatic amines is 1. The van der Waals surface area contributed by atoms with Crippen molar-refractivity contribution in [2.75, 3.05) is 5.73 Å². The third kappa shape index (κ3) is 1.78. The Hall–Kier alpha value is -1.88. The normalized spacial score (nSPS) is 10.9. The molecule has 0 bridgehead atoms. The number of rotatable bonds is 1. The molecule has 0 saturated carbocycles. The Morgan fingerprint density at radius 2 is 2.12 bits per heavy atom. The van der Waals surface area contributed by atoms with E-state index >= 15 is 0 Å². The molecule has 0 saturated heterocycles. The molecule has 84 valence electrons. The highest BCUT2D eigenvalue weighted by molar-refractivity contribution is 9.10. The summed E-state index contributed by atoms with van der Waals surface area (Å²) in [4.78, 5) is 11.8. The molecule has 1 aromatic carbocycles. The van der Waals surface area contributed by atoms with E-state index in [2.05, 4.69) is 30.9 Å². The lowest BCUT2D eigenvalue weighted by atomic mass is 10.2. The van der Waals surface area contributed by atoms with Gasteiger partial charge in [-0.15, -0.1) is 0 Å². The molecule has 17 heavy (non-hydrogen) atoms. The summed E-state index contributed by atoms with van der Waals surface area (Å²) < 4.78 is 0.950. The van der Waals surface area contributed by atoms with Crippen molar-refractivity contribution in [2.24, 2.45) is 0 Å². The first kappa shape index (κ1) is 10.3. The fourth-order valence-corrected chi connectivity index (χ4v) is 2.13. The SMILES string of the molecule is Nc1ccc(Br)c(-c2nc3ncccc3[nH]2)c1. The number of nitrogens with one attached hydrogen (secondary N) is 1. The molecule has 0 aliphatic rings. The standard InChI is InChI=1S/C12H9BrN4/c13-9-4-3-7(14)6-8(9)11-16-10-2-1-5-15-12(10)17-11/h1-6H,14H2,(H,15,16,17). The quantitative estimate of drug-likeness (QED) is 0.677. The second-order valence-electron chi connectivity index (χ2n) is 3.70. The molecule has 0 spiro atoms. The van der Waals surface area contributed by atoms with E-state index in [1.807, 2.05) is 30.3 Å². The van der Waals surface area contributed by atoms with Crippen molar-refractivity contribution in [3.63, 3.8) is 0 Å². The van der Waals surface area contributed by atoms with Gasteiger partial charge in [-0.05, 0) is 30.3 Å². The van der Waals surface area contributed by atoms with Crippen LogP contribution in [0.4, 0.5) is 5.69 Å². The lowest BCUT2D eigenvalue weighted by molar-refractivity contribution is 1.30. The summed E-state index contributed by atoms with van der Waals surface area (Å²) >= 11 is 3.49. The molecule has 4 nitrogen and oxygen atoms in total. The van der Waals surface area contributed by atoms with E-state index < -0.39 is 0 Å². The van der Waals surface area contributed by atoms with Crippen molar-refractivity contribution in [1.82, 2.24) is 15.0 Å². The predicted molar refractivity (Wildman–Crippen MR) is 71.4 cm³/mol. The molecule has 2 aromatic heterocycles. The second kappa shape index (κ2) is 3.85. The Labute approximate surface area is 106 Å². The Morgan fingerprint density at radius 3 is 2.94 bits per heavy atom. The van der Waals surface area contributed by atoms with Gasteiger partial charge < -0.3 is 10.7 Å². The number of H-pyrrole nitrogens is 1. The van der Waals surface area contributed by atoms with E-state index in [-0.39, 0.29) is 0 Å². The molecule has 0 fully saturated rings. The molecule has 0 radical (unpaired) electrons. The zero-order chi connectivity index (χ0) is 11.8. The van der Waals surface area contributed by atoms with Gasteiger partial charge in [0.2, 0.25) is 0 Å². The number of nitrogen functional groups attached to an aromatic ring is 1. The van der Waals surface area contributed by atoms with Crippen molar-refractivity contribution in [2.45, 2.75) is 0 Å². The summed E-state index contributed by atoms with van der Waals surface area (Å²) in [6.45, 7) is 0. The van der Waals surface area contributed by atoms with Crippen molar-refractivity contribution in [3.8, 4) is 11.4 Å². The van der Waals surface area contributed by atoms with E-state index in [0.717, 1.165) is 21.4 Å². The fraction of sp³-hybridized carbons (Fsp3) is 0. The van der Waals surface area contributed by atoms with Crippen LogP contribution in [0.1, 0.15) is 0 Å². The van der Waals surface area contributed by atoms with Crippen molar-refractivity contribution in [3.05, 3.63) is 41.0 Å². The molecule has 5 heteroatoms. The van der Waals surface area contributed by atoms with Crippen LogP contribution in [0, 0.1) is 0 Å². The molecule has 0 amide bonds. The highest BCUT2D eigenvalue weighted by atomic mass is 79.9. The van der Waals surface area contributed by atoms with E-state index in [0.29, 0.717) is 11.3 Å². The minimum atomic E-state index is 0.705. The highest BCUT2D eigenvalue weighted by Gasteiger charge is 2.09. The first-order chi connectivity index (χ1) is 8.24. The van der Waals surface area contributed by atoms with Crippen LogP contribution >= 0.6 is 15.9 Å². The zero-order valence-corrected chi connectivity index (χ0v) is 10.4. The second-order valence-corrected chi connectivity index (χ2v) is 4.55. The number of aromatic nitrogens is 3. The van der Waals surface area contributed by atoms with Crippen LogP contribution in [0.5, 0.6) is 0 Å². The van der Waals surface area contributed by atoms with E-state index in [4.69, 9.17) is 5.73 Å². The van der Waals surface area contributed by atoms with Gasteiger partial charge in [0, 0.05) is 21.9 Å². The summed E-state index contributed by atoms with van der Waals surface area (Å²) in [5, 5.41) is 0. The van der Waals surface area contributed by atoms with Crippen molar-refractivity contribution < 1.29 is 0 Å². The van der Waals surface area contributed by atoms with Crippen molar-refractivity contribution >= 4 is 32.8 Å². The first-order valence-electron chi connectivity index (χ1n) is 5.10. The number of fused-ring (bicyclic) bond motifs is 1. The van der Waals surface area contributed by atoms with Gasteiger partial charge in [0.25, 0.3) is 0 Å². The van der Waals surface area contributed by atoms with E-state index in [9.17, 15) is 0 Å². The molecule has 3 N–H and O–H groups in total. The van der Waals surface area contributed by atoms with Gasteiger partial charge in [-0.3, -0.25) is 0 Å². The summed E-state index contributed by atoms with van der Waals surface area (Å²) in [7, 11) is 0. The summed E-state index contributed by atoms with van der Waals surface area (Å²) in [5.74, 6) is 0.762. The van der Waals surface area contributed by atoms with Crippen LogP contribution in [0.2, 0.25) is 0 Å². The lowest BCUT2D eigenvalue weighted by Gasteiger charge is -2.01. The maximum atomic E-state index is 5.78. The number of imidazole rings is 1. The van der Waals surface area contributed by atoms with Crippen LogP contribution in [0.25, 0.3) is 22.6 Å². The largest absolute Gasteiger partial charge is 0.399 e. The van der Waals surface area contributed by atoms with Gasteiger partial charge in [-0.2, -0.15) is 0 Å². The minimum Gasteiger partial charge on any atom is -0.399 e. The molecule has 3 aromatic rings. The van der Waals surface area contributed by atoms with Crippen LogP contribution in [0.3, 0.4) is 0 Å². The average Bonchev–Trinajstić information content (AvgIpc) is 2.75. The fourth-order valence-electron chi connectivity index (χ4n) is 1.70. The maximum Gasteiger partial charge on any atom is 0.178 e. The predicted octanol–water partition coefficient (Wildman–Crippen LogP) is 2.97. The summed E-state index contributed by atoms with van der Waals surface area (Å²) in [5.41, 5.74) is 9.04. The number of anilines is 1. The smallest absolute Gasteiger partial charge is 0.178 e. The molecular formula is C12H9BrN4. The third-order valence-electron chi connectivity index (χ3n) is 2.50. The average molecular weight is 289 g/mol. The number of pyridine rings is 1. The van der Waals surface area contributed by atoms with Crippen LogP contribution in [-0.4, -0.2) is 15.0 Å². The van der Waals surface area contributed by atoms with Gasteiger partial charge in [-0.25, -0.2) is 9.97 Å². The van der Waals surface area contributed by atoms with Crippen molar-refractivity contribution in [1.29, 1.82) is 0 Å². The Balaban J connectivity index is 2.23. The molecular weight excluding hydrogens is 280 g/mol. The van der Waals surface area contributed by atoms with Crippen LogP contribution in [-0.2, 0) is 0 Å². The van der Waals surface area contributed by atoms with Gasteiger partial charge in [-0.1, -0.05) is 15.9 Å². The van der Waals surface area contributed by atoms with Gasteiger partial charge >= 0.3 is 0 Å². The zero-order valence-electron chi connectivity index (χ0n) is 8.81. The Kier molecular flexibility index (Phi) is 2.33. The topological polar surface area (TPSA) is 67.6 Å². The molecule has 0 atom stereocenters. The number of benzene rings is 1. The molecule has 0 aliphatic carbocycles.